The minimum atomic E-state index is -0.650. The van der Waals surface area contributed by atoms with Crippen LogP contribution in [-0.4, -0.2) is 36.2 Å². The normalized spacial score (nSPS) is 21.3. The molecule has 2 aliphatic rings. The van der Waals surface area contributed by atoms with E-state index < -0.39 is 17.7 Å². The second-order valence-electron chi connectivity index (χ2n) is 7.80. The number of nitrogens with one attached hydrogen (secondary N) is 2. The number of amides is 2. The van der Waals surface area contributed by atoms with Crippen molar-refractivity contribution in [1.82, 2.24) is 5.32 Å². The largest absolute Gasteiger partial charge is 0.444 e. The smallest absolute Gasteiger partial charge is 0.408 e. The fourth-order valence-electron chi connectivity index (χ4n) is 3.55. The van der Waals surface area contributed by atoms with Gasteiger partial charge in [0.05, 0.1) is 11.4 Å². The standard InChI is InChI=1S/C19H27N3O3/c1-19(2,3)25-18(24)21-15-12-22(13-8-4-5-9-13)16-11-7-6-10-14(16)20-17(15)23/h6-7,10-11,13,15H,4-5,8-9,12H2,1-3H3,(H,20,23)(H,21,24)/t15-/m1/s1. The van der Waals surface area contributed by atoms with Gasteiger partial charge in [-0.2, -0.15) is 0 Å². The number of ether oxygens (including phenoxy) is 1. The summed E-state index contributed by atoms with van der Waals surface area (Å²) in [6.07, 6.45) is 4.07. The van der Waals surface area contributed by atoms with Gasteiger partial charge < -0.3 is 20.3 Å². The minimum absolute atomic E-state index is 0.209. The van der Waals surface area contributed by atoms with Crippen molar-refractivity contribution < 1.29 is 14.3 Å². The molecule has 0 saturated heterocycles. The first-order valence-corrected chi connectivity index (χ1v) is 8.99. The third-order valence-corrected chi connectivity index (χ3v) is 4.62. The second-order valence-corrected chi connectivity index (χ2v) is 7.80. The molecule has 1 aromatic carbocycles. The summed E-state index contributed by atoms with van der Waals surface area (Å²) in [5.41, 5.74) is 1.23. The lowest BCUT2D eigenvalue weighted by molar-refractivity contribution is -0.117. The molecule has 1 heterocycles. The predicted molar refractivity (Wildman–Crippen MR) is 97.8 cm³/mol. The van der Waals surface area contributed by atoms with E-state index in [9.17, 15) is 9.59 Å². The van der Waals surface area contributed by atoms with Gasteiger partial charge in [0.2, 0.25) is 5.91 Å². The molecule has 1 fully saturated rings. The van der Waals surface area contributed by atoms with Crippen LogP contribution in [0.4, 0.5) is 16.2 Å². The zero-order valence-corrected chi connectivity index (χ0v) is 15.2. The van der Waals surface area contributed by atoms with Crippen LogP contribution in [0.3, 0.4) is 0 Å². The summed E-state index contributed by atoms with van der Waals surface area (Å²) >= 11 is 0. The van der Waals surface area contributed by atoms with E-state index in [0.717, 1.165) is 24.2 Å². The molecule has 2 N–H and O–H groups in total. The molecule has 6 nitrogen and oxygen atoms in total. The van der Waals surface area contributed by atoms with Crippen molar-refractivity contribution in [2.45, 2.75) is 64.1 Å². The Morgan fingerprint density at radius 1 is 1.24 bits per heavy atom. The summed E-state index contributed by atoms with van der Waals surface area (Å²) in [6, 6.07) is 7.58. The highest BCUT2D eigenvalue weighted by Crippen LogP contribution is 2.34. The van der Waals surface area contributed by atoms with Crippen molar-refractivity contribution in [3.63, 3.8) is 0 Å². The maximum absolute atomic E-state index is 12.6. The first-order chi connectivity index (χ1) is 11.8. The van der Waals surface area contributed by atoms with Crippen LogP contribution >= 0.6 is 0 Å². The van der Waals surface area contributed by atoms with E-state index in [4.69, 9.17) is 4.74 Å². The Balaban J connectivity index is 1.82. The Bertz CT molecular complexity index is 648. The molecule has 3 rings (SSSR count). The van der Waals surface area contributed by atoms with Gasteiger partial charge in [0.25, 0.3) is 0 Å². The van der Waals surface area contributed by atoms with Gasteiger partial charge in [0.15, 0.2) is 0 Å². The number of hydrogen-bond donors (Lipinski definition) is 2. The van der Waals surface area contributed by atoms with Gasteiger partial charge in [0, 0.05) is 12.6 Å². The molecule has 136 valence electrons. The number of anilines is 2. The van der Waals surface area contributed by atoms with Crippen molar-refractivity contribution >= 4 is 23.4 Å². The third kappa shape index (κ3) is 4.24. The summed E-state index contributed by atoms with van der Waals surface area (Å²) < 4.78 is 5.32. The number of benzene rings is 1. The fourth-order valence-corrected chi connectivity index (χ4v) is 3.55. The van der Waals surface area contributed by atoms with Crippen LogP contribution < -0.4 is 15.5 Å². The molecule has 1 aromatic rings. The number of fused-ring (bicyclic) bond motifs is 1. The van der Waals surface area contributed by atoms with Crippen LogP contribution in [0.2, 0.25) is 0 Å². The topological polar surface area (TPSA) is 70.7 Å². The Morgan fingerprint density at radius 2 is 1.92 bits per heavy atom. The maximum atomic E-state index is 12.6. The molecule has 0 aromatic heterocycles. The summed E-state index contributed by atoms with van der Waals surface area (Å²) in [4.78, 5) is 27.1. The van der Waals surface area contributed by atoms with Gasteiger partial charge in [-0.1, -0.05) is 25.0 Å². The molecule has 0 unspecified atom stereocenters. The molecular formula is C19H27N3O3. The monoisotopic (exact) mass is 345 g/mol. The average molecular weight is 345 g/mol. The lowest BCUT2D eigenvalue weighted by Gasteiger charge is -2.32. The highest BCUT2D eigenvalue weighted by molar-refractivity contribution is 6.01. The summed E-state index contributed by atoms with van der Waals surface area (Å²) in [7, 11) is 0. The van der Waals surface area contributed by atoms with E-state index >= 15 is 0 Å². The highest BCUT2D eigenvalue weighted by atomic mass is 16.6. The van der Waals surface area contributed by atoms with Crippen LogP contribution in [0.25, 0.3) is 0 Å². The Labute approximate surface area is 148 Å². The number of carbonyl (C=O) groups is 2. The Hall–Kier alpha value is -2.24. The molecule has 1 saturated carbocycles. The summed E-state index contributed by atoms with van der Waals surface area (Å²) in [5.74, 6) is -0.209. The van der Waals surface area contributed by atoms with Gasteiger partial charge in [-0.15, -0.1) is 0 Å². The second kappa shape index (κ2) is 6.94. The number of carbonyl (C=O) groups excluding carboxylic acids is 2. The first-order valence-electron chi connectivity index (χ1n) is 8.99. The summed E-state index contributed by atoms with van der Waals surface area (Å²) in [6.45, 7) is 5.87. The van der Waals surface area contributed by atoms with Crippen molar-refractivity contribution in [2.75, 3.05) is 16.8 Å². The lowest BCUT2D eigenvalue weighted by Crippen LogP contribution is -2.51. The van der Waals surface area contributed by atoms with Gasteiger partial charge in [-0.05, 0) is 45.7 Å². The maximum Gasteiger partial charge on any atom is 0.408 e. The molecule has 1 atom stereocenters. The molecular weight excluding hydrogens is 318 g/mol. The zero-order valence-electron chi connectivity index (χ0n) is 15.2. The van der Waals surface area contributed by atoms with Crippen LogP contribution in [-0.2, 0) is 9.53 Å². The number of rotatable bonds is 2. The molecule has 2 amide bonds. The van der Waals surface area contributed by atoms with E-state index in [0.29, 0.717) is 12.6 Å². The van der Waals surface area contributed by atoms with Gasteiger partial charge in [-0.3, -0.25) is 4.79 Å². The van der Waals surface area contributed by atoms with Crippen molar-refractivity contribution in [3.05, 3.63) is 24.3 Å². The van der Waals surface area contributed by atoms with E-state index in [1.165, 1.54) is 12.8 Å². The van der Waals surface area contributed by atoms with E-state index in [2.05, 4.69) is 15.5 Å². The van der Waals surface area contributed by atoms with Crippen molar-refractivity contribution in [1.29, 1.82) is 0 Å². The van der Waals surface area contributed by atoms with E-state index in [-0.39, 0.29) is 5.91 Å². The van der Waals surface area contributed by atoms with Crippen LogP contribution in [0.15, 0.2) is 24.3 Å². The first kappa shape index (κ1) is 17.6. The van der Waals surface area contributed by atoms with Crippen molar-refractivity contribution in [2.24, 2.45) is 0 Å². The SMILES string of the molecule is CC(C)(C)OC(=O)N[C@@H]1CN(C2CCCC2)c2ccccc2NC1=O. The average Bonchev–Trinajstić information content (AvgIpc) is 3.00. The quantitative estimate of drug-likeness (QED) is 0.863. The molecule has 1 aliphatic carbocycles. The number of nitrogens with zero attached hydrogens (tertiary/aromatic N) is 1. The van der Waals surface area contributed by atoms with Gasteiger partial charge >= 0.3 is 6.09 Å². The molecule has 0 bridgehead atoms. The fraction of sp³-hybridized carbons (Fsp3) is 0.579. The van der Waals surface area contributed by atoms with Crippen LogP contribution in [0.5, 0.6) is 0 Å². The third-order valence-electron chi connectivity index (χ3n) is 4.62. The van der Waals surface area contributed by atoms with Gasteiger partial charge in [-0.25, -0.2) is 4.79 Å². The number of hydrogen-bond acceptors (Lipinski definition) is 4. The van der Waals surface area contributed by atoms with E-state index in [1.807, 2.05) is 24.3 Å². The van der Waals surface area contributed by atoms with Crippen LogP contribution in [0, 0.1) is 0 Å². The van der Waals surface area contributed by atoms with Crippen LogP contribution in [0.1, 0.15) is 46.5 Å². The molecule has 6 heteroatoms. The Morgan fingerprint density at radius 3 is 2.60 bits per heavy atom. The Kier molecular flexibility index (Phi) is 4.88. The number of alkyl carbamates (subject to hydrolysis) is 1. The number of para-hydroxylation sites is 2. The molecule has 1 aliphatic heterocycles. The summed E-state index contributed by atoms with van der Waals surface area (Å²) in [5, 5.41) is 5.68. The lowest BCUT2D eigenvalue weighted by atomic mass is 10.1. The van der Waals surface area contributed by atoms with Gasteiger partial charge in [0.1, 0.15) is 11.6 Å². The highest BCUT2D eigenvalue weighted by Gasteiger charge is 2.34. The van der Waals surface area contributed by atoms with Crippen molar-refractivity contribution in [3.8, 4) is 0 Å². The minimum Gasteiger partial charge on any atom is -0.444 e. The molecule has 25 heavy (non-hydrogen) atoms. The van der Waals surface area contributed by atoms with E-state index in [1.54, 1.807) is 20.8 Å². The molecule has 0 radical (unpaired) electrons. The molecule has 0 spiro atoms. The zero-order chi connectivity index (χ0) is 18.0. The predicted octanol–water partition coefficient (Wildman–Crippen LogP) is 3.28.